The molecule has 5 heteroatoms. The van der Waals surface area contributed by atoms with Gasteiger partial charge in [-0.1, -0.05) is 0 Å². The Hall–Kier alpha value is -1.78. The summed E-state index contributed by atoms with van der Waals surface area (Å²) in [5, 5.41) is 8.93. The van der Waals surface area contributed by atoms with Crippen molar-refractivity contribution in [2.45, 2.75) is 13.0 Å². The van der Waals surface area contributed by atoms with E-state index in [2.05, 4.69) is 9.72 Å². The summed E-state index contributed by atoms with van der Waals surface area (Å²) in [5.41, 5.74) is 5.36. The van der Waals surface area contributed by atoms with E-state index in [0.29, 0.717) is 5.69 Å². The Balaban J connectivity index is 2.71. The molecule has 0 aromatic carbocycles. The topological polar surface area (TPSA) is 85.4 Å². The second kappa shape index (κ2) is 3.75. The van der Waals surface area contributed by atoms with E-state index in [0.717, 1.165) is 0 Å². The molecular weight excluding hydrogens is 172 g/mol. The summed E-state index contributed by atoms with van der Waals surface area (Å²) < 4.78 is 4.67. The number of rotatable bonds is 2. The van der Waals surface area contributed by atoms with Crippen LogP contribution in [0.5, 0.6) is 5.75 Å². The summed E-state index contributed by atoms with van der Waals surface area (Å²) >= 11 is 0. The van der Waals surface area contributed by atoms with E-state index in [9.17, 15) is 4.79 Å². The van der Waals surface area contributed by atoms with Crippen molar-refractivity contribution < 1.29 is 14.6 Å². The van der Waals surface area contributed by atoms with Crippen molar-refractivity contribution in [2.24, 2.45) is 5.73 Å². The Kier molecular flexibility index (Phi) is 2.69. The van der Waals surface area contributed by atoms with Gasteiger partial charge in [0.15, 0.2) is 0 Å². The molecule has 0 bridgehead atoms. The minimum absolute atomic E-state index is 0.0648. The summed E-state index contributed by atoms with van der Waals surface area (Å²) in [4.78, 5) is 14.2. The van der Waals surface area contributed by atoms with Gasteiger partial charge in [0.2, 0.25) is 0 Å². The number of hydrogen-bond donors (Lipinski definition) is 2. The molecule has 1 rings (SSSR count). The number of nitrogens with zero attached hydrogens (tertiary/aromatic N) is 1. The van der Waals surface area contributed by atoms with Crippen LogP contribution in [0.1, 0.15) is 18.7 Å². The highest BCUT2D eigenvalue weighted by Crippen LogP contribution is 2.15. The number of aromatic hydroxyl groups is 1. The third-order valence-corrected chi connectivity index (χ3v) is 1.48. The van der Waals surface area contributed by atoms with Gasteiger partial charge in [-0.3, -0.25) is 4.98 Å². The van der Waals surface area contributed by atoms with Crippen molar-refractivity contribution >= 4 is 6.09 Å². The third-order valence-electron chi connectivity index (χ3n) is 1.48. The Morgan fingerprint density at radius 1 is 1.69 bits per heavy atom. The van der Waals surface area contributed by atoms with Crippen molar-refractivity contribution in [3.8, 4) is 5.75 Å². The first-order chi connectivity index (χ1) is 6.09. The standard InChI is InChI=1S/C8H10N2O3/c1-5(13-8(9)12)7-3-2-6(11)4-10-7/h2-5,11H,1H3,(H2,9,12). The molecule has 5 nitrogen and oxygen atoms in total. The highest BCUT2D eigenvalue weighted by molar-refractivity contribution is 5.64. The molecule has 1 amide bonds. The van der Waals surface area contributed by atoms with Crippen LogP contribution in [0.4, 0.5) is 4.79 Å². The summed E-state index contributed by atoms with van der Waals surface area (Å²) in [7, 11) is 0. The van der Waals surface area contributed by atoms with Crippen LogP contribution in [0.15, 0.2) is 18.3 Å². The quantitative estimate of drug-likeness (QED) is 0.712. The molecule has 1 atom stereocenters. The molecule has 0 aliphatic heterocycles. The number of carbonyl (C=O) groups is 1. The summed E-state index contributed by atoms with van der Waals surface area (Å²) in [6.07, 6.45) is -0.0728. The first-order valence-electron chi connectivity index (χ1n) is 3.70. The van der Waals surface area contributed by atoms with Gasteiger partial charge in [0.25, 0.3) is 0 Å². The zero-order valence-electron chi connectivity index (χ0n) is 7.10. The fraction of sp³-hybridized carbons (Fsp3) is 0.250. The zero-order chi connectivity index (χ0) is 9.84. The Bertz CT molecular complexity index is 297. The maximum atomic E-state index is 10.4. The second-order valence-electron chi connectivity index (χ2n) is 2.52. The highest BCUT2D eigenvalue weighted by atomic mass is 16.6. The Morgan fingerprint density at radius 2 is 2.38 bits per heavy atom. The minimum atomic E-state index is -0.845. The lowest BCUT2D eigenvalue weighted by Crippen LogP contribution is -2.16. The molecule has 0 aliphatic carbocycles. The van der Waals surface area contributed by atoms with Crippen LogP contribution < -0.4 is 5.73 Å². The van der Waals surface area contributed by atoms with E-state index in [4.69, 9.17) is 10.8 Å². The SMILES string of the molecule is CC(OC(N)=O)c1ccc(O)cn1. The molecular formula is C8H10N2O3. The number of primary amides is 1. The summed E-state index contributed by atoms with van der Waals surface area (Å²) in [6.45, 7) is 1.64. The van der Waals surface area contributed by atoms with E-state index in [-0.39, 0.29) is 5.75 Å². The summed E-state index contributed by atoms with van der Waals surface area (Å²) in [5.74, 6) is 0.0648. The molecule has 1 unspecified atom stereocenters. The lowest BCUT2D eigenvalue weighted by molar-refractivity contribution is 0.114. The maximum Gasteiger partial charge on any atom is 0.405 e. The van der Waals surface area contributed by atoms with Crippen molar-refractivity contribution in [3.05, 3.63) is 24.0 Å². The van der Waals surface area contributed by atoms with E-state index in [1.54, 1.807) is 13.0 Å². The lowest BCUT2D eigenvalue weighted by atomic mass is 10.2. The largest absolute Gasteiger partial charge is 0.506 e. The second-order valence-corrected chi connectivity index (χ2v) is 2.52. The molecule has 0 fully saturated rings. The van der Waals surface area contributed by atoms with Crippen molar-refractivity contribution in [1.82, 2.24) is 4.98 Å². The molecule has 3 N–H and O–H groups in total. The molecule has 0 spiro atoms. The van der Waals surface area contributed by atoms with Crippen LogP contribution in [0, 0.1) is 0 Å². The molecule has 13 heavy (non-hydrogen) atoms. The maximum absolute atomic E-state index is 10.4. The van der Waals surface area contributed by atoms with Gasteiger partial charge in [-0.05, 0) is 19.1 Å². The van der Waals surface area contributed by atoms with Gasteiger partial charge in [0, 0.05) is 0 Å². The number of amides is 1. The average Bonchev–Trinajstić information content (AvgIpc) is 2.04. The Morgan fingerprint density at radius 3 is 2.85 bits per heavy atom. The summed E-state index contributed by atoms with van der Waals surface area (Å²) in [6, 6.07) is 3.02. The normalized spacial score (nSPS) is 12.1. The molecule has 0 saturated heterocycles. The first kappa shape index (κ1) is 9.31. The van der Waals surface area contributed by atoms with Crippen molar-refractivity contribution in [1.29, 1.82) is 0 Å². The van der Waals surface area contributed by atoms with E-state index in [1.807, 2.05) is 0 Å². The lowest BCUT2D eigenvalue weighted by Gasteiger charge is -2.09. The van der Waals surface area contributed by atoms with Gasteiger partial charge in [-0.15, -0.1) is 0 Å². The number of nitrogens with two attached hydrogens (primary N) is 1. The van der Waals surface area contributed by atoms with Gasteiger partial charge in [-0.2, -0.15) is 0 Å². The van der Waals surface area contributed by atoms with Crippen LogP contribution in [-0.4, -0.2) is 16.2 Å². The highest BCUT2D eigenvalue weighted by Gasteiger charge is 2.09. The smallest absolute Gasteiger partial charge is 0.405 e. The molecule has 0 radical (unpaired) electrons. The van der Waals surface area contributed by atoms with E-state index < -0.39 is 12.2 Å². The van der Waals surface area contributed by atoms with Crippen molar-refractivity contribution in [2.75, 3.05) is 0 Å². The van der Waals surface area contributed by atoms with Crippen LogP contribution in [0.25, 0.3) is 0 Å². The average molecular weight is 182 g/mol. The number of hydrogen-bond acceptors (Lipinski definition) is 4. The van der Waals surface area contributed by atoms with Crippen LogP contribution in [0.2, 0.25) is 0 Å². The Labute approximate surface area is 75.2 Å². The number of carbonyl (C=O) groups excluding carboxylic acids is 1. The fourth-order valence-electron chi connectivity index (χ4n) is 0.873. The van der Waals surface area contributed by atoms with Gasteiger partial charge >= 0.3 is 6.09 Å². The number of aromatic nitrogens is 1. The van der Waals surface area contributed by atoms with Gasteiger partial charge < -0.3 is 15.6 Å². The molecule has 0 saturated carbocycles. The third kappa shape index (κ3) is 2.62. The number of pyridine rings is 1. The molecule has 1 aromatic rings. The zero-order valence-corrected chi connectivity index (χ0v) is 7.10. The van der Waals surface area contributed by atoms with Gasteiger partial charge in [-0.25, -0.2) is 4.79 Å². The molecule has 1 heterocycles. The van der Waals surface area contributed by atoms with Gasteiger partial charge in [0.1, 0.15) is 11.9 Å². The fourth-order valence-corrected chi connectivity index (χ4v) is 0.873. The molecule has 1 aromatic heterocycles. The van der Waals surface area contributed by atoms with E-state index >= 15 is 0 Å². The predicted molar refractivity (Wildman–Crippen MR) is 45.0 cm³/mol. The van der Waals surface area contributed by atoms with Gasteiger partial charge in [0.05, 0.1) is 11.9 Å². The minimum Gasteiger partial charge on any atom is -0.506 e. The van der Waals surface area contributed by atoms with Crippen LogP contribution >= 0.6 is 0 Å². The molecule has 0 aliphatic rings. The van der Waals surface area contributed by atoms with Crippen LogP contribution in [0.3, 0.4) is 0 Å². The first-order valence-corrected chi connectivity index (χ1v) is 3.70. The van der Waals surface area contributed by atoms with Crippen LogP contribution in [-0.2, 0) is 4.74 Å². The predicted octanol–water partition coefficient (Wildman–Crippen LogP) is 0.944. The number of ether oxygens (including phenoxy) is 1. The van der Waals surface area contributed by atoms with Crippen molar-refractivity contribution in [3.63, 3.8) is 0 Å². The van der Waals surface area contributed by atoms with E-state index in [1.165, 1.54) is 12.3 Å². The molecule has 70 valence electrons. The monoisotopic (exact) mass is 182 g/mol.